The van der Waals surface area contributed by atoms with Crippen LogP contribution < -0.4 is 10.9 Å². The van der Waals surface area contributed by atoms with Crippen molar-refractivity contribution < 1.29 is 46.2 Å². The number of carbonyl (C=O) groups excluding carboxylic acids is 4. The van der Waals surface area contributed by atoms with E-state index in [2.05, 4.69) is 5.32 Å². The lowest BCUT2D eigenvalue weighted by atomic mass is 10.1. The number of nitrogens with zero attached hydrogens (tertiary/aromatic N) is 4. The molecule has 4 rings (SSSR count). The van der Waals surface area contributed by atoms with Crippen LogP contribution in [0.25, 0.3) is 10.9 Å². The van der Waals surface area contributed by atoms with Crippen molar-refractivity contribution in [2.24, 2.45) is 0 Å². The van der Waals surface area contributed by atoms with Crippen LogP contribution in [0.5, 0.6) is 0 Å². The Labute approximate surface area is 297 Å². The number of hydrogen-bond donors (Lipinski definition) is 1. The van der Waals surface area contributed by atoms with Crippen molar-refractivity contribution >= 4 is 40.6 Å². The first-order chi connectivity index (χ1) is 24.3. The number of ether oxygens (including phenoxy) is 2. The molecule has 16 heteroatoms. The molecule has 0 unspecified atom stereocenters. The predicted octanol–water partition coefficient (Wildman–Crippen LogP) is 6.23. The number of nitrogens with one attached hydrogen (secondary N) is 1. The van der Waals surface area contributed by atoms with E-state index < -0.39 is 60.2 Å². The maximum absolute atomic E-state index is 14.6. The molecule has 1 fully saturated rings. The average molecular weight is 734 g/mol. The van der Waals surface area contributed by atoms with Crippen LogP contribution in [-0.4, -0.2) is 88.0 Å². The summed E-state index contributed by atoms with van der Waals surface area (Å²) in [7, 11) is 3.17. The van der Waals surface area contributed by atoms with E-state index in [4.69, 9.17) is 9.47 Å². The lowest BCUT2D eigenvalue weighted by Crippen LogP contribution is -2.39. The first-order valence-corrected chi connectivity index (χ1v) is 16.8. The van der Waals surface area contributed by atoms with Gasteiger partial charge in [0.1, 0.15) is 17.1 Å². The smallest absolute Gasteiger partial charge is 0.419 e. The monoisotopic (exact) mass is 733 g/mol. The van der Waals surface area contributed by atoms with Gasteiger partial charge in [-0.25, -0.2) is 18.5 Å². The minimum absolute atomic E-state index is 0.00682. The molecule has 0 radical (unpaired) electrons. The lowest BCUT2D eigenvalue weighted by Gasteiger charge is -2.22. The van der Waals surface area contributed by atoms with E-state index in [1.807, 2.05) is 0 Å². The standard InChI is InChI=1S/C36H43F4N5O7/c1-35(2,3)52-34(50)45-26(21-24-20-25(37)19-23(30(24)45)14-15-36(38,39)40)22-44-18-10-11-27(32(44)48)41-31(47)28(12-6-7-13-29(46)42(4)5)51-33(49)43-16-8-9-17-43/h7,10-11,13,18-21,28H,6,8-9,12,14-17,22H2,1-5H3,(H,41,47)/b13-7+/t28-/m0/s1. The highest BCUT2D eigenvalue weighted by Crippen LogP contribution is 2.30. The van der Waals surface area contributed by atoms with Crippen molar-refractivity contribution in [2.75, 3.05) is 32.5 Å². The maximum atomic E-state index is 14.6. The molecule has 0 aliphatic carbocycles. The number of halogens is 4. The zero-order valence-electron chi connectivity index (χ0n) is 29.7. The molecule has 52 heavy (non-hydrogen) atoms. The van der Waals surface area contributed by atoms with Gasteiger partial charge in [-0.2, -0.15) is 13.2 Å². The number of aromatic nitrogens is 2. The van der Waals surface area contributed by atoms with E-state index in [9.17, 15) is 41.5 Å². The number of aryl methyl sites for hydroxylation is 1. The lowest BCUT2D eigenvalue weighted by molar-refractivity contribution is -0.134. The van der Waals surface area contributed by atoms with Gasteiger partial charge in [0.05, 0.1) is 17.8 Å². The number of anilines is 1. The molecular weight excluding hydrogens is 690 g/mol. The number of likely N-dealkylation sites (tertiary alicyclic amines) is 1. The fraction of sp³-hybridized carbons (Fsp3) is 0.472. The summed E-state index contributed by atoms with van der Waals surface area (Å²) >= 11 is 0. The van der Waals surface area contributed by atoms with E-state index in [0.29, 0.717) is 13.1 Å². The summed E-state index contributed by atoms with van der Waals surface area (Å²) in [6.45, 7) is 5.44. The minimum Gasteiger partial charge on any atom is -0.443 e. The first kappa shape index (κ1) is 39.6. The van der Waals surface area contributed by atoms with Gasteiger partial charge in [0, 0.05) is 45.2 Å². The van der Waals surface area contributed by atoms with Crippen LogP contribution >= 0.6 is 0 Å². The molecule has 1 N–H and O–H groups in total. The molecule has 3 heterocycles. The fourth-order valence-electron chi connectivity index (χ4n) is 5.61. The summed E-state index contributed by atoms with van der Waals surface area (Å²) < 4.78 is 67.5. The number of pyridine rings is 1. The zero-order valence-corrected chi connectivity index (χ0v) is 29.7. The molecule has 1 saturated heterocycles. The second kappa shape index (κ2) is 16.5. The van der Waals surface area contributed by atoms with Gasteiger partial charge >= 0.3 is 18.4 Å². The summed E-state index contributed by atoms with van der Waals surface area (Å²) in [5, 5.41) is 2.65. The van der Waals surface area contributed by atoms with Crippen LogP contribution in [0.1, 0.15) is 64.1 Å². The molecule has 1 aromatic carbocycles. The first-order valence-electron chi connectivity index (χ1n) is 16.8. The van der Waals surface area contributed by atoms with Crippen LogP contribution in [0, 0.1) is 5.82 Å². The summed E-state index contributed by atoms with van der Waals surface area (Å²) in [5.41, 5.74) is -1.88. The van der Waals surface area contributed by atoms with Crippen molar-refractivity contribution in [3.8, 4) is 0 Å². The third-order valence-electron chi connectivity index (χ3n) is 8.08. The topological polar surface area (TPSA) is 132 Å². The summed E-state index contributed by atoms with van der Waals surface area (Å²) in [6.07, 6.45) is -3.33. The molecule has 282 valence electrons. The Kier molecular flexibility index (Phi) is 12.5. The van der Waals surface area contributed by atoms with Crippen molar-refractivity contribution in [3.63, 3.8) is 0 Å². The van der Waals surface area contributed by atoms with Crippen molar-refractivity contribution in [1.29, 1.82) is 0 Å². The van der Waals surface area contributed by atoms with Crippen LogP contribution in [0.3, 0.4) is 0 Å². The van der Waals surface area contributed by atoms with Crippen LogP contribution in [0.2, 0.25) is 0 Å². The molecule has 3 aromatic rings. The highest BCUT2D eigenvalue weighted by molar-refractivity contribution is 5.95. The van der Waals surface area contributed by atoms with Crippen molar-refractivity contribution in [1.82, 2.24) is 18.9 Å². The Hall–Kier alpha value is -5.15. The van der Waals surface area contributed by atoms with Gasteiger partial charge in [0.2, 0.25) is 5.91 Å². The van der Waals surface area contributed by atoms with Crippen molar-refractivity contribution in [2.45, 2.75) is 83.7 Å². The van der Waals surface area contributed by atoms with Crippen LogP contribution in [-0.2, 0) is 32.0 Å². The Bertz CT molecular complexity index is 1890. The second-order valence-corrected chi connectivity index (χ2v) is 13.7. The van der Waals surface area contributed by atoms with E-state index in [1.54, 1.807) is 40.9 Å². The molecule has 3 amide bonds. The van der Waals surface area contributed by atoms with Gasteiger partial charge in [-0.05, 0) is 94.8 Å². The van der Waals surface area contributed by atoms with Crippen LogP contribution in [0.15, 0.2) is 53.5 Å². The van der Waals surface area contributed by atoms with Gasteiger partial charge in [0.15, 0.2) is 6.10 Å². The largest absolute Gasteiger partial charge is 0.443 e. The van der Waals surface area contributed by atoms with E-state index in [0.717, 1.165) is 34.1 Å². The van der Waals surface area contributed by atoms with Crippen LogP contribution in [0.4, 0.5) is 32.8 Å². The molecular formula is C36H43F4N5O7. The fourth-order valence-corrected chi connectivity index (χ4v) is 5.61. The number of carbonyl (C=O) groups is 4. The predicted molar refractivity (Wildman–Crippen MR) is 184 cm³/mol. The highest BCUT2D eigenvalue weighted by Gasteiger charge is 2.30. The Balaban J connectivity index is 1.66. The SMILES string of the molecule is CN(C)C(=O)/C=C/CC[C@H](OC(=O)N1CCCC1)C(=O)Nc1cccn(Cc2cc3cc(F)cc(CCC(F)(F)F)c3n2C(=O)OC(C)(C)C)c1=O. The second-order valence-electron chi connectivity index (χ2n) is 13.7. The zero-order chi connectivity index (χ0) is 38.4. The van der Waals surface area contributed by atoms with Gasteiger partial charge in [-0.3, -0.25) is 14.4 Å². The normalized spacial score (nSPS) is 14.1. The Morgan fingerprint density at radius 3 is 2.37 bits per heavy atom. The molecule has 1 atom stereocenters. The van der Waals surface area contributed by atoms with Gasteiger partial charge in [-0.1, -0.05) is 6.08 Å². The van der Waals surface area contributed by atoms with Gasteiger partial charge in [-0.15, -0.1) is 0 Å². The number of fused-ring (bicyclic) bond motifs is 1. The molecule has 0 bridgehead atoms. The number of alkyl halides is 3. The Morgan fingerprint density at radius 1 is 1.04 bits per heavy atom. The third-order valence-corrected chi connectivity index (χ3v) is 8.08. The van der Waals surface area contributed by atoms with Gasteiger partial charge < -0.3 is 29.2 Å². The molecule has 12 nitrogen and oxygen atoms in total. The maximum Gasteiger partial charge on any atom is 0.419 e. The van der Waals surface area contributed by atoms with Gasteiger partial charge in [0.25, 0.3) is 11.5 Å². The van der Waals surface area contributed by atoms with E-state index in [-0.39, 0.29) is 53.1 Å². The summed E-state index contributed by atoms with van der Waals surface area (Å²) in [4.78, 5) is 68.3. The number of benzene rings is 1. The number of hydrogen-bond acceptors (Lipinski definition) is 7. The quantitative estimate of drug-likeness (QED) is 0.183. The Morgan fingerprint density at radius 2 is 1.73 bits per heavy atom. The number of allylic oxidation sites excluding steroid dienone is 1. The number of rotatable bonds is 11. The van der Waals surface area contributed by atoms with E-state index in [1.165, 1.54) is 40.3 Å². The third kappa shape index (κ3) is 10.7. The minimum atomic E-state index is -4.55. The molecule has 1 aliphatic heterocycles. The molecule has 0 spiro atoms. The summed E-state index contributed by atoms with van der Waals surface area (Å²) in [6, 6.07) is 6.18. The molecule has 2 aromatic heterocycles. The molecule has 1 aliphatic rings. The van der Waals surface area contributed by atoms with Crippen molar-refractivity contribution in [3.05, 3.63) is 76.1 Å². The summed E-state index contributed by atoms with van der Waals surface area (Å²) in [5.74, 6) is -1.87. The van der Waals surface area contributed by atoms with E-state index >= 15 is 0 Å². The highest BCUT2D eigenvalue weighted by atomic mass is 19.4. The number of amides is 3. The number of likely N-dealkylation sites (N-methyl/N-ethyl adjacent to an activating group) is 1. The molecule has 0 saturated carbocycles. The average Bonchev–Trinajstić information content (AvgIpc) is 3.70.